The Morgan fingerprint density at radius 3 is 1.91 bits per heavy atom. The van der Waals surface area contributed by atoms with E-state index in [0.717, 1.165) is 36.0 Å². The fourth-order valence-electron chi connectivity index (χ4n) is 10.8. The summed E-state index contributed by atoms with van der Waals surface area (Å²) in [6.07, 6.45) is 8.42. The number of aryl methyl sites for hydroxylation is 1. The van der Waals surface area contributed by atoms with Crippen molar-refractivity contribution in [2.24, 2.45) is 23.7 Å². The van der Waals surface area contributed by atoms with Crippen LogP contribution in [0, 0.1) is 23.7 Å². The molecule has 5 aliphatic carbocycles. The highest BCUT2D eigenvalue weighted by molar-refractivity contribution is 7.99. The summed E-state index contributed by atoms with van der Waals surface area (Å²) in [5, 5.41) is 0. The predicted molar refractivity (Wildman–Crippen MR) is 182 cm³/mol. The number of rotatable bonds is 3. The van der Waals surface area contributed by atoms with Gasteiger partial charge in [0.2, 0.25) is 0 Å². The van der Waals surface area contributed by atoms with E-state index in [2.05, 4.69) is 116 Å². The quantitative estimate of drug-likeness (QED) is 0.198. The Labute approximate surface area is 265 Å². The van der Waals surface area contributed by atoms with Crippen molar-refractivity contribution in [1.29, 1.82) is 0 Å². The molecule has 1 heteroatoms. The third kappa shape index (κ3) is 3.43. The van der Waals surface area contributed by atoms with Gasteiger partial charge in [-0.25, -0.2) is 0 Å². The maximum atomic E-state index is 2.62. The van der Waals surface area contributed by atoms with Gasteiger partial charge in [0.25, 0.3) is 0 Å². The second-order valence-electron chi connectivity index (χ2n) is 14.4. The molecule has 6 aliphatic rings. The first-order valence-corrected chi connectivity index (χ1v) is 17.8. The first-order valence-electron chi connectivity index (χ1n) is 17.0. The Morgan fingerprint density at radius 1 is 0.591 bits per heavy atom. The Balaban J connectivity index is 1.22. The van der Waals surface area contributed by atoms with E-state index < -0.39 is 0 Å². The minimum absolute atomic E-state index is 0.316. The van der Waals surface area contributed by atoms with Gasteiger partial charge in [0.15, 0.2) is 0 Å². The van der Waals surface area contributed by atoms with E-state index in [1.165, 1.54) is 92.0 Å². The van der Waals surface area contributed by atoms with Gasteiger partial charge in [-0.2, -0.15) is 0 Å². The fraction of sp³-hybridized carbons (Fsp3) is 0.302. The lowest BCUT2D eigenvalue weighted by Crippen LogP contribution is -2.43. The average Bonchev–Trinajstić information content (AvgIpc) is 3.35. The molecule has 5 aromatic carbocycles. The highest BCUT2D eigenvalue weighted by Gasteiger charge is 2.51. The van der Waals surface area contributed by atoms with Crippen LogP contribution in [0.1, 0.15) is 78.3 Å². The third-order valence-electron chi connectivity index (χ3n) is 12.2. The summed E-state index contributed by atoms with van der Waals surface area (Å²) in [6.45, 7) is 2.32. The number of benzene rings is 5. The van der Waals surface area contributed by atoms with E-state index in [9.17, 15) is 0 Å². The summed E-state index contributed by atoms with van der Waals surface area (Å²) < 4.78 is 0. The van der Waals surface area contributed by atoms with Crippen molar-refractivity contribution in [1.82, 2.24) is 0 Å². The molecule has 0 amide bonds. The van der Waals surface area contributed by atoms with Crippen molar-refractivity contribution in [2.75, 3.05) is 0 Å². The summed E-state index contributed by atoms with van der Waals surface area (Å²) in [6, 6.07) is 42.6. The SMILES string of the molecule is CCc1cc(-c2cccc(C3C4CC5CC(C4)CC3C5)c2)c2c(c1)C1(c3ccccc3S2)c2ccccc2-c2ccccc21. The molecule has 4 saturated carbocycles. The van der Waals surface area contributed by atoms with Crippen LogP contribution in [0.25, 0.3) is 22.3 Å². The normalized spacial score (nSPS) is 26.2. The van der Waals surface area contributed by atoms with Crippen molar-refractivity contribution in [3.05, 3.63) is 143 Å². The highest BCUT2D eigenvalue weighted by atomic mass is 32.2. The van der Waals surface area contributed by atoms with Crippen molar-refractivity contribution in [2.45, 2.75) is 66.6 Å². The van der Waals surface area contributed by atoms with E-state index in [1.807, 2.05) is 11.8 Å². The zero-order valence-corrected chi connectivity index (χ0v) is 26.2. The molecule has 0 atom stereocenters. The Bertz CT molecular complexity index is 1890. The number of hydrogen-bond acceptors (Lipinski definition) is 1. The van der Waals surface area contributed by atoms with Crippen molar-refractivity contribution < 1.29 is 0 Å². The van der Waals surface area contributed by atoms with Gasteiger partial charge in [0.1, 0.15) is 0 Å². The molecule has 4 fully saturated rings. The lowest BCUT2D eigenvalue weighted by molar-refractivity contribution is -0.00276. The van der Waals surface area contributed by atoms with Crippen molar-refractivity contribution in [3.8, 4) is 22.3 Å². The standard InChI is InChI=1S/C43H38S/c1-2-26-23-35(29-10-9-11-30(25-29)41-31-19-27-18-28(21-31)22-32(41)20-27)42-39(24-26)43(38-16-7-8-17-40(38)44-42)36-14-5-3-12-33(36)34-13-4-6-15-37(34)43/h3-17,23-25,27-28,31-32,41H,2,18-22H2,1H3. The highest BCUT2D eigenvalue weighted by Crippen LogP contribution is 2.64. The van der Waals surface area contributed by atoms with Crippen LogP contribution >= 0.6 is 11.8 Å². The van der Waals surface area contributed by atoms with E-state index in [1.54, 1.807) is 5.56 Å². The molecule has 0 saturated heterocycles. The first-order chi connectivity index (χ1) is 21.7. The summed E-state index contributed by atoms with van der Waals surface area (Å²) in [4.78, 5) is 2.82. The molecule has 0 radical (unpaired) electrons. The molecule has 1 aliphatic heterocycles. The molecule has 216 valence electrons. The molecule has 5 aromatic rings. The second-order valence-corrected chi connectivity index (χ2v) is 15.4. The van der Waals surface area contributed by atoms with Gasteiger partial charge >= 0.3 is 0 Å². The molecule has 4 bridgehead atoms. The molecular formula is C43H38S. The average molecular weight is 587 g/mol. The smallest absolute Gasteiger partial charge is 0.0735 e. The van der Waals surface area contributed by atoms with Crippen LogP contribution in [0.15, 0.2) is 119 Å². The summed E-state index contributed by atoms with van der Waals surface area (Å²) in [7, 11) is 0. The zero-order valence-electron chi connectivity index (χ0n) is 25.4. The number of fused-ring (bicyclic) bond motifs is 9. The van der Waals surface area contributed by atoms with Gasteiger partial charge in [-0.05, 0) is 130 Å². The minimum Gasteiger partial charge on any atom is -0.0887 e. The Morgan fingerprint density at radius 2 is 1.23 bits per heavy atom. The Kier molecular flexibility index (Phi) is 5.54. The molecule has 44 heavy (non-hydrogen) atoms. The number of hydrogen-bond donors (Lipinski definition) is 0. The topological polar surface area (TPSA) is 0 Å². The lowest BCUT2D eigenvalue weighted by Gasteiger charge is -2.54. The van der Waals surface area contributed by atoms with Crippen LogP contribution in [0.2, 0.25) is 0 Å². The van der Waals surface area contributed by atoms with E-state index in [0.29, 0.717) is 0 Å². The van der Waals surface area contributed by atoms with Gasteiger partial charge in [-0.15, -0.1) is 0 Å². The predicted octanol–water partition coefficient (Wildman–Crippen LogP) is 11.3. The first kappa shape index (κ1) is 25.7. The molecule has 0 aromatic heterocycles. The largest absolute Gasteiger partial charge is 0.0887 e. The Hall–Kier alpha value is -3.55. The molecule has 11 rings (SSSR count). The van der Waals surface area contributed by atoms with Crippen LogP contribution in [-0.4, -0.2) is 0 Å². The van der Waals surface area contributed by atoms with Gasteiger partial charge in [0, 0.05) is 9.79 Å². The molecule has 0 N–H and O–H groups in total. The van der Waals surface area contributed by atoms with E-state index >= 15 is 0 Å². The van der Waals surface area contributed by atoms with Crippen LogP contribution in [0.3, 0.4) is 0 Å². The maximum Gasteiger partial charge on any atom is 0.0735 e. The van der Waals surface area contributed by atoms with Gasteiger partial charge in [-0.1, -0.05) is 122 Å². The molecule has 1 heterocycles. The molecule has 0 nitrogen and oxygen atoms in total. The van der Waals surface area contributed by atoms with Gasteiger partial charge in [-0.3, -0.25) is 0 Å². The van der Waals surface area contributed by atoms with E-state index in [-0.39, 0.29) is 5.41 Å². The summed E-state index contributed by atoms with van der Waals surface area (Å²) in [5.41, 5.74) is 14.1. The van der Waals surface area contributed by atoms with Crippen LogP contribution in [0.5, 0.6) is 0 Å². The minimum atomic E-state index is -0.316. The molecular weight excluding hydrogens is 549 g/mol. The second kappa shape index (κ2) is 9.48. The third-order valence-corrected chi connectivity index (χ3v) is 13.4. The van der Waals surface area contributed by atoms with Crippen molar-refractivity contribution in [3.63, 3.8) is 0 Å². The molecule has 0 unspecified atom stereocenters. The summed E-state index contributed by atoms with van der Waals surface area (Å²) >= 11 is 2.00. The maximum absolute atomic E-state index is 2.62. The van der Waals surface area contributed by atoms with Crippen LogP contribution in [0.4, 0.5) is 0 Å². The van der Waals surface area contributed by atoms with Crippen LogP contribution < -0.4 is 0 Å². The monoisotopic (exact) mass is 586 g/mol. The lowest BCUT2D eigenvalue weighted by atomic mass is 9.50. The molecule has 1 spiro atoms. The van der Waals surface area contributed by atoms with Gasteiger partial charge in [0.05, 0.1) is 5.41 Å². The van der Waals surface area contributed by atoms with Crippen molar-refractivity contribution >= 4 is 11.8 Å². The van der Waals surface area contributed by atoms with Crippen LogP contribution in [-0.2, 0) is 11.8 Å². The summed E-state index contributed by atoms with van der Waals surface area (Å²) in [5.74, 6) is 4.56. The zero-order chi connectivity index (χ0) is 29.0. The fourth-order valence-corrected chi connectivity index (χ4v) is 12.1. The van der Waals surface area contributed by atoms with Gasteiger partial charge < -0.3 is 0 Å². The van der Waals surface area contributed by atoms with E-state index in [4.69, 9.17) is 0 Å².